The summed E-state index contributed by atoms with van der Waals surface area (Å²) in [6.07, 6.45) is 3.68. The van der Waals surface area contributed by atoms with Crippen molar-refractivity contribution in [2.45, 2.75) is 56.0 Å². The van der Waals surface area contributed by atoms with E-state index in [1.54, 1.807) is 12.1 Å². The number of nitrogens with one attached hydrogen (secondary N) is 1. The monoisotopic (exact) mass is 500 g/mol. The molecule has 2 aliphatic rings. The van der Waals surface area contributed by atoms with Gasteiger partial charge in [0.15, 0.2) is 0 Å². The molecule has 10 heteroatoms. The van der Waals surface area contributed by atoms with Crippen LogP contribution in [0.5, 0.6) is 0 Å². The van der Waals surface area contributed by atoms with Gasteiger partial charge in [0.2, 0.25) is 10.0 Å². The Morgan fingerprint density at radius 3 is 2.54 bits per heavy atom. The minimum absolute atomic E-state index is 0.0410. The number of benzene rings is 2. The molecule has 0 bridgehead atoms. The fourth-order valence-corrected chi connectivity index (χ4v) is 7.60. The lowest BCUT2D eigenvalue weighted by molar-refractivity contribution is 0.0372. The molecule has 186 valence electrons. The SMILES string of the molecule is C[C@H]1CC[C@H](c2ccccc2)S(=O)(=O)N1Cc1ccc(C2(n3cn[nH]c3=O)CCOCC2)cc1F. The molecular formula is C25H29FN4O4S. The van der Waals surface area contributed by atoms with Crippen molar-refractivity contribution in [3.63, 3.8) is 0 Å². The normalized spacial score (nSPS) is 24.3. The van der Waals surface area contributed by atoms with Crippen LogP contribution in [-0.2, 0) is 26.8 Å². The maximum Gasteiger partial charge on any atom is 0.343 e. The Kier molecular flexibility index (Phi) is 6.37. The van der Waals surface area contributed by atoms with Crippen LogP contribution in [0.3, 0.4) is 0 Å². The molecular weight excluding hydrogens is 471 g/mol. The Morgan fingerprint density at radius 1 is 1.14 bits per heavy atom. The third-order valence-electron chi connectivity index (χ3n) is 7.45. The van der Waals surface area contributed by atoms with Crippen molar-refractivity contribution in [2.75, 3.05) is 13.2 Å². The molecule has 8 nitrogen and oxygen atoms in total. The largest absolute Gasteiger partial charge is 0.381 e. The second kappa shape index (κ2) is 9.33. The molecule has 0 aliphatic carbocycles. The van der Waals surface area contributed by atoms with Gasteiger partial charge in [0.25, 0.3) is 0 Å². The Morgan fingerprint density at radius 2 is 1.89 bits per heavy atom. The molecule has 3 aromatic rings. The van der Waals surface area contributed by atoms with E-state index in [2.05, 4.69) is 10.2 Å². The number of ether oxygens (including phenoxy) is 1. The van der Waals surface area contributed by atoms with Crippen molar-refractivity contribution in [1.29, 1.82) is 0 Å². The van der Waals surface area contributed by atoms with E-state index in [1.807, 2.05) is 37.3 Å². The Labute approximate surface area is 203 Å². The number of rotatable bonds is 5. The van der Waals surface area contributed by atoms with Crippen LogP contribution in [0.1, 0.15) is 54.5 Å². The van der Waals surface area contributed by atoms with Gasteiger partial charge in [-0.2, -0.15) is 9.40 Å². The van der Waals surface area contributed by atoms with Gasteiger partial charge < -0.3 is 4.74 Å². The Hall–Kier alpha value is -2.82. The van der Waals surface area contributed by atoms with Gasteiger partial charge in [-0.15, -0.1) is 0 Å². The molecule has 35 heavy (non-hydrogen) atoms. The minimum atomic E-state index is -3.67. The number of nitrogens with zero attached hydrogens (tertiary/aromatic N) is 3. The number of hydrogen-bond donors (Lipinski definition) is 1. The van der Waals surface area contributed by atoms with Gasteiger partial charge in [-0.25, -0.2) is 22.7 Å². The minimum Gasteiger partial charge on any atom is -0.381 e. The quantitative estimate of drug-likeness (QED) is 0.580. The summed E-state index contributed by atoms with van der Waals surface area (Å²) in [5.41, 5.74) is 0.565. The van der Waals surface area contributed by atoms with Crippen molar-refractivity contribution < 1.29 is 17.5 Å². The zero-order valence-electron chi connectivity index (χ0n) is 19.6. The molecule has 3 heterocycles. The van der Waals surface area contributed by atoms with Gasteiger partial charge in [-0.05, 0) is 49.8 Å². The summed E-state index contributed by atoms with van der Waals surface area (Å²) in [4.78, 5) is 12.4. The molecule has 0 unspecified atom stereocenters. The van der Waals surface area contributed by atoms with Crippen molar-refractivity contribution in [3.8, 4) is 0 Å². The summed E-state index contributed by atoms with van der Waals surface area (Å²) >= 11 is 0. The molecule has 0 saturated carbocycles. The van der Waals surface area contributed by atoms with E-state index in [4.69, 9.17) is 4.74 Å². The standard InChI is InChI=1S/C25H29FN4O4S/c1-18-7-10-23(19-5-3-2-4-6-19)35(32,33)30(18)16-20-8-9-21(15-22(20)26)25(11-13-34-14-12-25)29-17-27-28-24(29)31/h2-6,8-9,15,17-18,23H,7,10-14,16H2,1H3,(H,28,31)/t18-,23+/m0/s1. The van der Waals surface area contributed by atoms with Crippen LogP contribution in [-0.4, -0.2) is 46.7 Å². The van der Waals surface area contributed by atoms with E-state index in [-0.39, 0.29) is 18.3 Å². The summed E-state index contributed by atoms with van der Waals surface area (Å²) in [7, 11) is -3.67. The first-order chi connectivity index (χ1) is 16.8. The highest BCUT2D eigenvalue weighted by Gasteiger charge is 2.41. The second-order valence-electron chi connectivity index (χ2n) is 9.40. The maximum absolute atomic E-state index is 15.5. The number of hydrogen-bond acceptors (Lipinski definition) is 5. The molecule has 0 amide bonds. The van der Waals surface area contributed by atoms with Gasteiger partial charge >= 0.3 is 5.69 Å². The van der Waals surface area contributed by atoms with Gasteiger partial charge in [-0.3, -0.25) is 4.57 Å². The Balaban J connectivity index is 1.47. The van der Waals surface area contributed by atoms with Crippen LogP contribution in [0.15, 0.2) is 59.7 Å². The van der Waals surface area contributed by atoms with E-state index < -0.39 is 26.6 Å². The molecule has 5 rings (SSSR count). The van der Waals surface area contributed by atoms with Crippen molar-refractivity contribution in [3.05, 3.63) is 87.9 Å². The number of aromatic amines is 1. The van der Waals surface area contributed by atoms with Gasteiger partial charge in [0, 0.05) is 31.4 Å². The fourth-order valence-electron chi connectivity index (χ4n) is 5.42. The average Bonchev–Trinajstić information content (AvgIpc) is 3.29. The van der Waals surface area contributed by atoms with Crippen LogP contribution >= 0.6 is 0 Å². The molecule has 0 radical (unpaired) electrons. The lowest BCUT2D eigenvalue weighted by Crippen LogP contribution is -2.45. The summed E-state index contributed by atoms with van der Waals surface area (Å²) < 4.78 is 51.0. The molecule has 2 aliphatic heterocycles. The second-order valence-corrected chi connectivity index (χ2v) is 11.5. The van der Waals surface area contributed by atoms with Crippen molar-refractivity contribution in [2.24, 2.45) is 0 Å². The van der Waals surface area contributed by atoms with Crippen LogP contribution in [0.25, 0.3) is 0 Å². The predicted octanol–water partition coefficient (Wildman–Crippen LogP) is 3.32. The number of H-pyrrole nitrogens is 1. The summed E-state index contributed by atoms with van der Waals surface area (Å²) in [5.74, 6) is -0.492. The zero-order valence-corrected chi connectivity index (χ0v) is 20.4. The van der Waals surface area contributed by atoms with Gasteiger partial charge in [0.1, 0.15) is 17.4 Å². The third kappa shape index (κ3) is 4.23. The smallest absolute Gasteiger partial charge is 0.343 e. The first-order valence-electron chi connectivity index (χ1n) is 11.9. The highest BCUT2D eigenvalue weighted by Crippen LogP contribution is 2.39. The topological polar surface area (TPSA) is 97.3 Å². The van der Waals surface area contributed by atoms with Crippen LogP contribution < -0.4 is 5.69 Å². The third-order valence-corrected chi connectivity index (χ3v) is 9.82. The fraction of sp³-hybridized carbons (Fsp3) is 0.440. The average molecular weight is 501 g/mol. The van der Waals surface area contributed by atoms with Crippen molar-refractivity contribution >= 4 is 10.0 Å². The lowest BCUT2D eigenvalue weighted by Gasteiger charge is -2.39. The van der Waals surface area contributed by atoms with E-state index in [9.17, 15) is 13.2 Å². The van der Waals surface area contributed by atoms with E-state index in [0.717, 1.165) is 5.56 Å². The highest BCUT2D eigenvalue weighted by molar-refractivity contribution is 7.89. The molecule has 0 spiro atoms. The van der Waals surface area contributed by atoms with Gasteiger partial charge in [0.05, 0.1) is 5.54 Å². The van der Waals surface area contributed by atoms with Crippen LogP contribution in [0, 0.1) is 5.82 Å². The van der Waals surface area contributed by atoms with Crippen molar-refractivity contribution in [1.82, 2.24) is 19.1 Å². The summed E-state index contributed by atoms with van der Waals surface area (Å²) in [6.45, 7) is 2.70. The summed E-state index contributed by atoms with van der Waals surface area (Å²) in [6, 6.07) is 13.8. The van der Waals surface area contributed by atoms with Crippen LogP contribution in [0.4, 0.5) is 4.39 Å². The first-order valence-corrected chi connectivity index (χ1v) is 13.4. The van der Waals surface area contributed by atoms with E-state index in [0.29, 0.717) is 50.0 Å². The number of aromatic nitrogens is 3. The molecule has 1 aromatic heterocycles. The lowest BCUT2D eigenvalue weighted by atomic mass is 9.82. The van der Waals surface area contributed by atoms with Gasteiger partial charge in [-0.1, -0.05) is 42.5 Å². The van der Waals surface area contributed by atoms with Crippen LogP contribution in [0.2, 0.25) is 0 Å². The Bertz CT molecular complexity index is 1350. The molecule has 2 atom stereocenters. The predicted molar refractivity (Wildman–Crippen MR) is 129 cm³/mol. The number of halogens is 1. The highest BCUT2D eigenvalue weighted by atomic mass is 32.2. The molecule has 1 N–H and O–H groups in total. The molecule has 2 aromatic carbocycles. The van der Waals surface area contributed by atoms with E-state index >= 15 is 4.39 Å². The first kappa shape index (κ1) is 23.9. The number of sulfonamides is 1. The summed E-state index contributed by atoms with van der Waals surface area (Å²) in [5, 5.41) is 5.64. The maximum atomic E-state index is 15.5. The molecule has 2 saturated heterocycles. The van der Waals surface area contributed by atoms with E-state index in [1.165, 1.54) is 21.3 Å². The zero-order chi connectivity index (χ0) is 24.6. The molecule has 2 fully saturated rings.